The Morgan fingerprint density at radius 1 is 1.35 bits per heavy atom. The summed E-state index contributed by atoms with van der Waals surface area (Å²) in [5.41, 5.74) is 1.88. The number of ether oxygens (including phenoxy) is 1. The van der Waals surface area contributed by atoms with Crippen LogP contribution in [0.3, 0.4) is 0 Å². The van der Waals surface area contributed by atoms with E-state index in [1.165, 1.54) is 0 Å². The summed E-state index contributed by atoms with van der Waals surface area (Å²) in [4.78, 5) is 24.4. The molecule has 1 N–H and O–H groups in total. The lowest BCUT2D eigenvalue weighted by atomic mass is 9.81. The minimum atomic E-state index is -0.719. The molecule has 0 atom stereocenters. The first-order chi connectivity index (χ1) is 9.58. The predicted molar refractivity (Wildman–Crippen MR) is 77.5 cm³/mol. The van der Waals surface area contributed by atoms with E-state index >= 15 is 0 Å². The first kappa shape index (κ1) is 14.5. The molecular formula is C15H21N3O2. The Bertz CT molecular complexity index is 615. The number of aromatic nitrogens is 3. The largest absolute Gasteiger partial charge is 0.465 e. The Balaban J connectivity index is 2.57. The molecule has 0 saturated carbocycles. The zero-order valence-corrected chi connectivity index (χ0v) is 12.5. The standard InChI is InChI=1S/C15H21N3O2/c1-5-15(6-2,14(19)20-7-3)13-17-11-10(4)8-9-16-12(11)18-13/h8-9H,5-7H2,1-4H3,(H,16,17,18). The van der Waals surface area contributed by atoms with Gasteiger partial charge in [0.1, 0.15) is 11.2 Å². The lowest BCUT2D eigenvalue weighted by Crippen LogP contribution is -2.37. The molecule has 0 unspecified atom stereocenters. The number of esters is 1. The smallest absolute Gasteiger partial charge is 0.319 e. The Labute approximate surface area is 118 Å². The van der Waals surface area contributed by atoms with E-state index in [-0.39, 0.29) is 5.97 Å². The molecule has 0 aromatic carbocycles. The second-order valence-corrected chi connectivity index (χ2v) is 4.92. The van der Waals surface area contributed by atoms with Crippen molar-refractivity contribution in [2.45, 2.75) is 46.0 Å². The molecule has 0 aliphatic carbocycles. The van der Waals surface area contributed by atoms with Crippen molar-refractivity contribution in [3.05, 3.63) is 23.7 Å². The Kier molecular flexibility index (Phi) is 4.06. The minimum Gasteiger partial charge on any atom is -0.465 e. The second-order valence-electron chi connectivity index (χ2n) is 4.92. The first-order valence-electron chi connectivity index (χ1n) is 7.08. The van der Waals surface area contributed by atoms with Gasteiger partial charge in [-0.15, -0.1) is 0 Å². The summed E-state index contributed by atoms with van der Waals surface area (Å²) in [5, 5.41) is 0. The number of fused-ring (bicyclic) bond motifs is 1. The summed E-state index contributed by atoms with van der Waals surface area (Å²) in [6.07, 6.45) is 3.01. The molecule has 0 fully saturated rings. The highest BCUT2D eigenvalue weighted by atomic mass is 16.5. The van der Waals surface area contributed by atoms with Gasteiger partial charge in [0, 0.05) is 6.20 Å². The average Bonchev–Trinajstić information content (AvgIpc) is 2.87. The topological polar surface area (TPSA) is 67.9 Å². The minimum absolute atomic E-state index is 0.221. The average molecular weight is 275 g/mol. The highest BCUT2D eigenvalue weighted by Crippen LogP contribution is 2.32. The summed E-state index contributed by atoms with van der Waals surface area (Å²) >= 11 is 0. The second kappa shape index (κ2) is 5.61. The van der Waals surface area contributed by atoms with E-state index in [1.54, 1.807) is 6.20 Å². The fourth-order valence-electron chi connectivity index (χ4n) is 2.50. The van der Waals surface area contributed by atoms with Gasteiger partial charge in [0.15, 0.2) is 5.65 Å². The Morgan fingerprint density at radius 3 is 2.60 bits per heavy atom. The van der Waals surface area contributed by atoms with Crippen LogP contribution >= 0.6 is 0 Å². The van der Waals surface area contributed by atoms with E-state index in [1.807, 2.05) is 33.8 Å². The monoisotopic (exact) mass is 275 g/mol. The number of pyridine rings is 1. The molecule has 2 rings (SSSR count). The van der Waals surface area contributed by atoms with Crippen LogP contribution in [0.1, 0.15) is 45.0 Å². The van der Waals surface area contributed by atoms with Crippen LogP contribution < -0.4 is 0 Å². The van der Waals surface area contributed by atoms with Gasteiger partial charge in [-0.2, -0.15) is 0 Å². The SMILES string of the molecule is CCOC(=O)C(CC)(CC)c1nc2nccc(C)c2[nH]1. The van der Waals surface area contributed by atoms with E-state index in [0.29, 0.717) is 30.9 Å². The number of carbonyl (C=O) groups excluding carboxylic acids is 1. The van der Waals surface area contributed by atoms with Crippen molar-refractivity contribution in [3.63, 3.8) is 0 Å². The molecule has 108 valence electrons. The maximum Gasteiger partial charge on any atom is 0.319 e. The number of H-pyrrole nitrogens is 1. The van der Waals surface area contributed by atoms with Crippen LogP contribution in [0, 0.1) is 6.92 Å². The van der Waals surface area contributed by atoms with Gasteiger partial charge in [-0.3, -0.25) is 4.79 Å². The number of aromatic amines is 1. The third-order valence-corrected chi connectivity index (χ3v) is 3.93. The van der Waals surface area contributed by atoms with Crippen molar-refractivity contribution in [3.8, 4) is 0 Å². The van der Waals surface area contributed by atoms with Gasteiger partial charge in [0.2, 0.25) is 0 Å². The molecule has 2 heterocycles. The molecular weight excluding hydrogens is 254 g/mol. The normalized spacial score (nSPS) is 11.8. The van der Waals surface area contributed by atoms with Crippen molar-refractivity contribution in [2.24, 2.45) is 0 Å². The van der Waals surface area contributed by atoms with Crippen LogP contribution in [0.15, 0.2) is 12.3 Å². The number of aryl methyl sites for hydroxylation is 1. The molecule has 5 nitrogen and oxygen atoms in total. The van der Waals surface area contributed by atoms with Gasteiger partial charge in [0.05, 0.1) is 12.1 Å². The third kappa shape index (κ3) is 2.17. The number of nitrogens with zero attached hydrogens (tertiary/aromatic N) is 2. The summed E-state index contributed by atoms with van der Waals surface area (Å²) in [6, 6.07) is 1.92. The van der Waals surface area contributed by atoms with Gasteiger partial charge in [-0.25, -0.2) is 9.97 Å². The van der Waals surface area contributed by atoms with E-state index < -0.39 is 5.41 Å². The number of hydrogen-bond acceptors (Lipinski definition) is 4. The molecule has 0 aliphatic rings. The predicted octanol–water partition coefficient (Wildman–Crippen LogP) is 2.89. The van der Waals surface area contributed by atoms with Gasteiger partial charge in [-0.05, 0) is 38.3 Å². The van der Waals surface area contributed by atoms with Crippen LogP contribution in [0.5, 0.6) is 0 Å². The summed E-state index contributed by atoms with van der Waals surface area (Å²) in [7, 11) is 0. The van der Waals surface area contributed by atoms with Gasteiger partial charge in [-0.1, -0.05) is 13.8 Å². The lowest BCUT2D eigenvalue weighted by Gasteiger charge is -2.26. The van der Waals surface area contributed by atoms with E-state index in [9.17, 15) is 4.79 Å². The molecule has 0 amide bonds. The van der Waals surface area contributed by atoms with Crippen LogP contribution in [0.4, 0.5) is 0 Å². The van der Waals surface area contributed by atoms with Gasteiger partial charge in [0.25, 0.3) is 0 Å². The number of carbonyl (C=O) groups is 1. The van der Waals surface area contributed by atoms with Crippen LogP contribution in [-0.4, -0.2) is 27.5 Å². The number of hydrogen-bond donors (Lipinski definition) is 1. The lowest BCUT2D eigenvalue weighted by molar-refractivity contribution is -0.150. The van der Waals surface area contributed by atoms with Crippen molar-refractivity contribution >= 4 is 17.1 Å². The fourth-order valence-corrected chi connectivity index (χ4v) is 2.50. The zero-order chi connectivity index (χ0) is 14.8. The fraction of sp³-hybridized carbons (Fsp3) is 0.533. The molecule has 2 aromatic rings. The van der Waals surface area contributed by atoms with E-state index in [0.717, 1.165) is 11.1 Å². The summed E-state index contributed by atoms with van der Waals surface area (Å²) in [6.45, 7) is 8.15. The molecule has 0 bridgehead atoms. The van der Waals surface area contributed by atoms with E-state index in [4.69, 9.17) is 4.74 Å². The van der Waals surface area contributed by atoms with E-state index in [2.05, 4.69) is 15.0 Å². The van der Waals surface area contributed by atoms with Crippen molar-refractivity contribution in [2.75, 3.05) is 6.61 Å². The highest BCUT2D eigenvalue weighted by Gasteiger charge is 2.41. The molecule has 0 aliphatic heterocycles. The summed E-state index contributed by atoms with van der Waals surface area (Å²) in [5.74, 6) is 0.430. The first-order valence-corrected chi connectivity index (χ1v) is 7.08. The maximum absolute atomic E-state index is 12.4. The zero-order valence-electron chi connectivity index (χ0n) is 12.5. The summed E-state index contributed by atoms with van der Waals surface area (Å²) < 4.78 is 5.25. The highest BCUT2D eigenvalue weighted by molar-refractivity contribution is 5.84. The van der Waals surface area contributed by atoms with Crippen LogP contribution in [-0.2, 0) is 14.9 Å². The number of nitrogens with one attached hydrogen (secondary N) is 1. The number of rotatable bonds is 5. The quantitative estimate of drug-likeness (QED) is 0.852. The van der Waals surface area contributed by atoms with Crippen molar-refractivity contribution in [1.29, 1.82) is 0 Å². The van der Waals surface area contributed by atoms with Crippen molar-refractivity contribution in [1.82, 2.24) is 15.0 Å². The Hall–Kier alpha value is -1.91. The number of imidazole rings is 1. The van der Waals surface area contributed by atoms with Crippen LogP contribution in [0.2, 0.25) is 0 Å². The molecule has 0 saturated heterocycles. The van der Waals surface area contributed by atoms with Gasteiger partial charge >= 0.3 is 5.97 Å². The maximum atomic E-state index is 12.4. The molecule has 2 aromatic heterocycles. The Morgan fingerprint density at radius 2 is 2.05 bits per heavy atom. The van der Waals surface area contributed by atoms with Crippen molar-refractivity contribution < 1.29 is 9.53 Å². The van der Waals surface area contributed by atoms with Gasteiger partial charge < -0.3 is 9.72 Å². The molecule has 5 heteroatoms. The van der Waals surface area contributed by atoms with Crippen LogP contribution in [0.25, 0.3) is 11.2 Å². The third-order valence-electron chi connectivity index (χ3n) is 3.93. The molecule has 0 radical (unpaired) electrons. The molecule has 20 heavy (non-hydrogen) atoms. The molecule has 0 spiro atoms.